The third-order valence-corrected chi connectivity index (χ3v) is 12.5. The van der Waals surface area contributed by atoms with E-state index in [1.807, 2.05) is 51.1 Å². The summed E-state index contributed by atoms with van der Waals surface area (Å²) in [4.78, 5) is 13.2. The quantitative estimate of drug-likeness (QED) is 0.131. The molecule has 0 aromatic heterocycles. The van der Waals surface area contributed by atoms with Crippen molar-refractivity contribution in [1.82, 2.24) is 0 Å². The average Bonchev–Trinajstić information content (AvgIpc) is 2.85. The lowest BCUT2D eigenvalue weighted by Crippen LogP contribution is -2.59. The topological polar surface area (TPSA) is 83.5 Å². The number of methoxy groups -OCH3 is 1. The van der Waals surface area contributed by atoms with Gasteiger partial charge in [-0.1, -0.05) is 77.1 Å². The fourth-order valence-corrected chi connectivity index (χ4v) is 5.92. The van der Waals surface area contributed by atoms with Crippen LogP contribution >= 0.6 is 0 Å². The summed E-state index contributed by atoms with van der Waals surface area (Å²) in [5, 5.41) is 9.34. The number of hydrogen-bond donors (Lipinski definition) is 1. The minimum absolute atomic E-state index is 0.0194. The Morgan fingerprint density at radius 3 is 2.42 bits per heavy atom. The molecule has 0 unspecified atom stereocenters. The predicted molar refractivity (Wildman–Crippen MR) is 152 cm³/mol. The first kappa shape index (κ1) is 32.8. The van der Waals surface area contributed by atoms with Crippen LogP contribution in [0.2, 0.25) is 18.1 Å². The van der Waals surface area contributed by atoms with Gasteiger partial charge < -0.3 is 28.5 Å². The van der Waals surface area contributed by atoms with Crippen LogP contribution in [-0.4, -0.2) is 63.8 Å². The summed E-state index contributed by atoms with van der Waals surface area (Å²) in [6.07, 6.45) is 4.13. The van der Waals surface area contributed by atoms with Gasteiger partial charge in [-0.3, -0.25) is 4.79 Å². The first-order valence-corrected chi connectivity index (χ1v) is 16.6. The van der Waals surface area contributed by atoms with Gasteiger partial charge in [0, 0.05) is 25.4 Å². The molecule has 0 amide bonds. The van der Waals surface area contributed by atoms with Gasteiger partial charge >= 0.3 is 0 Å². The molecule has 1 aromatic carbocycles. The van der Waals surface area contributed by atoms with E-state index in [-0.39, 0.29) is 42.5 Å². The maximum absolute atomic E-state index is 13.2. The Labute approximate surface area is 231 Å². The first-order valence-electron chi connectivity index (χ1n) is 13.6. The summed E-state index contributed by atoms with van der Waals surface area (Å²) in [6.45, 7) is 17.4. The van der Waals surface area contributed by atoms with E-state index in [2.05, 4.69) is 33.9 Å². The second-order valence-corrected chi connectivity index (χ2v) is 17.1. The van der Waals surface area contributed by atoms with Gasteiger partial charge in [-0.2, -0.15) is 0 Å². The highest BCUT2D eigenvalue weighted by molar-refractivity contribution is 6.74. The molecule has 1 heterocycles. The molecule has 2 rings (SSSR count). The van der Waals surface area contributed by atoms with Crippen molar-refractivity contribution in [3.05, 3.63) is 48.0 Å². The van der Waals surface area contributed by atoms with Gasteiger partial charge in [0.25, 0.3) is 0 Å². The Morgan fingerprint density at radius 2 is 1.84 bits per heavy atom. The molecule has 8 heteroatoms. The summed E-state index contributed by atoms with van der Waals surface area (Å²) < 4.78 is 31.1. The normalized spacial score (nSPS) is 23.1. The minimum atomic E-state index is -2.14. The average molecular weight is 551 g/mol. The summed E-state index contributed by atoms with van der Waals surface area (Å²) in [5.41, 5.74) is 0.315. The molecule has 38 heavy (non-hydrogen) atoms. The van der Waals surface area contributed by atoms with Crippen molar-refractivity contribution in [2.75, 3.05) is 20.5 Å². The molecule has 1 N–H and O–H groups in total. The predicted octanol–water partition coefficient (Wildman–Crippen LogP) is 6.01. The van der Waals surface area contributed by atoms with Crippen LogP contribution in [0, 0.1) is 5.41 Å². The number of rotatable bonds is 14. The van der Waals surface area contributed by atoms with E-state index in [1.165, 1.54) is 7.11 Å². The van der Waals surface area contributed by atoms with Crippen molar-refractivity contribution in [3.63, 3.8) is 0 Å². The maximum Gasteiger partial charge on any atom is 0.237 e. The van der Waals surface area contributed by atoms with Crippen LogP contribution in [0.4, 0.5) is 0 Å². The van der Waals surface area contributed by atoms with E-state index in [9.17, 15) is 9.90 Å². The van der Waals surface area contributed by atoms with Crippen molar-refractivity contribution in [2.45, 2.75) is 110 Å². The lowest BCUT2D eigenvalue weighted by molar-refractivity contribution is -0.285. The third kappa shape index (κ3) is 8.30. The third-order valence-electron chi connectivity index (χ3n) is 7.97. The van der Waals surface area contributed by atoms with Gasteiger partial charge in [0.05, 0.1) is 31.5 Å². The van der Waals surface area contributed by atoms with Crippen molar-refractivity contribution >= 4 is 14.1 Å². The number of aliphatic hydroxyl groups is 1. The summed E-state index contributed by atoms with van der Waals surface area (Å²) >= 11 is 0. The molecule has 1 aromatic rings. The Balaban J connectivity index is 2.19. The standard InChI is InChI=1S/C30H50O7Si/c1-23(35-22-34-21-24-14-11-10-12-15-24)26(37-38(8,9)28(2,3)4)20-25-16-17-27(32)30(33-7,36-25)29(5,6)18-13-19-31/h10-15,18,23,25-26,31H,16-17,19-22H2,1-9H3/b18-13+/t23-,25+,26-,30-/m1/s1. The molecule has 0 saturated carbocycles. The summed E-state index contributed by atoms with van der Waals surface area (Å²) in [6, 6.07) is 10.00. The van der Waals surface area contributed by atoms with Gasteiger partial charge in [0.15, 0.2) is 14.1 Å². The van der Waals surface area contributed by atoms with E-state index >= 15 is 0 Å². The number of Topliss-reactive ketones (excluding diaryl/α,β-unsaturated/α-hetero) is 1. The van der Waals surface area contributed by atoms with Crippen LogP contribution in [-0.2, 0) is 34.8 Å². The number of carbonyl (C=O) groups is 1. The monoisotopic (exact) mass is 550 g/mol. The smallest absolute Gasteiger partial charge is 0.237 e. The van der Waals surface area contributed by atoms with E-state index in [1.54, 1.807) is 12.2 Å². The number of ketones is 1. The molecule has 1 aliphatic heterocycles. The van der Waals surface area contributed by atoms with Crippen LogP contribution < -0.4 is 0 Å². The zero-order valence-electron chi connectivity index (χ0n) is 24.9. The molecule has 4 atom stereocenters. The summed E-state index contributed by atoms with van der Waals surface area (Å²) in [5.74, 6) is -1.53. The van der Waals surface area contributed by atoms with Crippen molar-refractivity contribution in [1.29, 1.82) is 0 Å². The van der Waals surface area contributed by atoms with Crippen LogP contribution in [0.25, 0.3) is 0 Å². The molecule has 7 nitrogen and oxygen atoms in total. The molecular formula is C30H50O7Si. The highest BCUT2D eigenvalue weighted by atomic mass is 28.4. The van der Waals surface area contributed by atoms with E-state index < -0.39 is 19.5 Å². The Hall–Kier alpha value is -1.39. The van der Waals surface area contributed by atoms with Gasteiger partial charge in [-0.15, -0.1) is 0 Å². The lowest BCUT2D eigenvalue weighted by Gasteiger charge is -2.48. The largest absolute Gasteiger partial charge is 0.411 e. The van der Waals surface area contributed by atoms with Gasteiger partial charge in [0.2, 0.25) is 5.79 Å². The van der Waals surface area contributed by atoms with E-state index in [0.29, 0.717) is 25.9 Å². The number of aliphatic hydroxyl groups excluding tert-OH is 1. The Kier molecular flexibility index (Phi) is 11.9. The van der Waals surface area contributed by atoms with Crippen LogP contribution in [0.1, 0.15) is 66.4 Å². The second-order valence-electron chi connectivity index (χ2n) is 12.3. The molecule has 1 aliphatic rings. The van der Waals surface area contributed by atoms with Crippen molar-refractivity contribution in [3.8, 4) is 0 Å². The number of benzene rings is 1. The molecule has 216 valence electrons. The van der Waals surface area contributed by atoms with E-state index in [0.717, 1.165) is 5.56 Å². The molecule has 0 radical (unpaired) electrons. The molecule has 1 fully saturated rings. The Morgan fingerprint density at radius 1 is 1.18 bits per heavy atom. The molecule has 0 bridgehead atoms. The highest BCUT2D eigenvalue weighted by Gasteiger charge is 2.55. The fraction of sp³-hybridized carbons (Fsp3) is 0.700. The van der Waals surface area contributed by atoms with Crippen LogP contribution in [0.3, 0.4) is 0 Å². The molecule has 1 saturated heterocycles. The molecule has 0 aliphatic carbocycles. The minimum Gasteiger partial charge on any atom is -0.411 e. The SMILES string of the molecule is CO[C@@]1(C(C)(C)/C=C/CO)O[C@H](C[C@@H](O[Si](C)(C)C(C)(C)C)[C@@H](C)OCOCc2ccccc2)CCC1=O. The zero-order valence-corrected chi connectivity index (χ0v) is 25.9. The van der Waals surface area contributed by atoms with Crippen LogP contribution in [0.15, 0.2) is 42.5 Å². The molecular weight excluding hydrogens is 500 g/mol. The fourth-order valence-electron chi connectivity index (χ4n) is 4.52. The van der Waals surface area contributed by atoms with E-state index in [4.69, 9.17) is 23.4 Å². The van der Waals surface area contributed by atoms with Gasteiger partial charge in [-0.25, -0.2) is 0 Å². The van der Waals surface area contributed by atoms with Crippen molar-refractivity contribution < 1.29 is 33.3 Å². The van der Waals surface area contributed by atoms with Crippen molar-refractivity contribution in [2.24, 2.45) is 5.41 Å². The summed E-state index contributed by atoms with van der Waals surface area (Å²) in [7, 11) is -0.633. The van der Waals surface area contributed by atoms with Gasteiger partial charge in [0.1, 0.15) is 6.79 Å². The second kappa shape index (κ2) is 13.8. The van der Waals surface area contributed by atoms with Gasteiger partial charge in [-0.05, 0) is 37.0 Å². The first-order chi connectivity index (χ1) is 17.7. The number of hydrogen-bond acceptors (Lipinski definition) is 7. The number of ether oxygens (including phenoxy) is 4. The maximum atomic E-state index is 13.2. The highest BCUT2D eigenvalue weighted by Crippen LogP contribution is 2.44. The molecule has 0 spiro atoms. The van der Waals surface area contributed by atoms with Crippen LogP contribution in [0.5, 0.6) is 0 Å². The Bertz CT molecular complexity index is 894. The lowest BCUT2D eigenvalue weighted by atomic mass is 9.77. The zero-order chi connectivity index (χ0) is 28.6. The number of carbonyl (C=O) groups excluding carboxylic acids is 1.